The van der Waals surface area contributed by atoms with Gasteiger partial charge in [0.05, 0.1) is 5.52 Å². The number of rotatable bonds is 5. The first kappa shape index (κ1) is 17.2. The average molecular weight is 382 g/mol. The Balaban J connectivity index is 1.46. The summed E-state index contributed by atoms with van der Waals surface area (Å²) in [6.45, 7) is 0.0735. The summed E-state index contributed by atoms with van der Waals surface area (Å²) in [5.41, 5.74) is 3.32. The van der Waals surface area contributed by atoms with Gasteiger partial charge in [-0.2, -0.15) is 0 Å². The van der Waals surface area contributed by atoms with Crippen LogP contribution in [0, 0.1) is 0 Å². The molecule has 1 unspecified atom stereocenters. The van der Waals surface area contributed by atoms with Crippen LogP contribution in [0.1, 0.15) is 17.4 Å². The number of benzene rings is 3. The van der Waals surface area contributed by atoms with Gasteiger partial charge in [-0.3, -0.25) is 4.79 Å². The van der Waals surface area contributed by atoms with Crippen molar-refractivity contribution in [2.45, 2.75) is 12.6 Å². The first-order valence-corrected chi connectivity index (χ1v) is 9.39. The topological polar surface area (TPSA) is 73.0 Å². The SMILES string of the molecule is O=C(Cn1nnc2ccccc21)NC(c1ccccc1)c1cc2ccccc2o1. The summed E-state index contributed by atoms with van der Waals surface area (Å²) in [4.78, 5) is 12.9. The maximum absolute atomic E-state index is 12.9. The smallest absolute Gasteiger partial charge is 0.242 e. The molecule has 2 aromatic heterocycles. The zero-order valence-electron chi connectivity index (χ0n) is 15.5. The Morgan fingerprint density at radius 1 is 0.966 bits per heavy atom. The van der Waals surface area contributed by atoms with Gasteiger partial charge in [-0.15, -0.1) is 5.10 Å². The number of amides is 1. The fourth-order valence-corrected chi connectivity index (χ4v) is 3.49. The lowest BCUT2D eigenvalue weighted by Gasteiger charge is -2.17. The number of carbonyl (C=O) groups excluding carboxylic acids is 1. The molecule has 0 fully saturated rings. The van der Waals surface area contributed by atoms with Crippen LogP contribution in [0.5, 0.6) is 0 Å². The minimum Gasteiger partial charge on any atom is -0.459 e. The molecule has 0 aliphatic rings. The maximum atomic E-state index is 12.9. The Morgan fingerprint density at radius 2 is 1.72 bits per heavy atom. The van der Waals surface area contributed by atoms with Crippen LogP contribution in [0.25, 0.3) is 22.0 Å². The van der Waals surface area contributed by atoms with Crippen LogP contribution in [-0.2, 0) is 11.3 Å². The van der Waals surface area contributed by atoms with Crippen molar-refractivity contribution in [2.24, 2.45) is 0 Å². The van der Waals surface area contributed by atoms with E-state index in [1.807, 2.05) is 84.9 Å². The largest absolute Gasteiger partial charge is 0.459 e. The number of carbonyl (C=O) groups is 1. The molecule has 0 spiro atoms. The van der Waals surface area contributed by atoms with E-state index in [0.717, 1.165) is 27.6 Å². The van der Waals surface area contributed by atoms with Crippen molar-refractivity contribution in [1.82, 2.24) is 20.3 Å². The lowest BCUT2D eigenvalue weighted by molar-refractivity contribution is -0.122. The zero-order valence-corrected chi connectivity index (χ0v) is 15.5. The molecular weight excluding hydrogens is 364 g/mol. The quantitative estimate of drug-likeness (QED) is 0.497. The highest BCUT2D eigenvalue weighted by Gasteiger charge is 2.21. The van der Waals surface area contributed by atoms with Gasteiger partial charge in [-0.1, -0.05) is 65.9 Å². The van der Waals surface area contributed by atoms with E-state index in [0.29, 0.717) is 5.76 Å². The number of para-hydroxylation sites is 2. The number of hydrogen-bond donors (Lipinski definition) is 1. The van der Waals surface area contributed by atoms with Crippen molar-refractivity contribution in [3.05, 3.63) is 96.3 Å². The molecule has 1 atom stereocenters. The van der Waals surface area contributed by atoms with Crippen molar-refractivity contribution in [3.8, 4) is 0 Å². The van der Waals surface area contributed by atoms with Crippen LogP contribution in [-0.4, -0.2) is 20.9 Å². The van der Waals surface area contributed by atoms with Gasteiger partial charge in [0, 0.05) is 5.39 Å². The zero-order chi connectivity index (χ0) is 19.6. The van der Waals surface area contributed by atoms with Crippen molar-refractivity contribution >= 4 is 27.9 Å². The highest BCUT2D eigenvalue weighted by Crippen LogP contribution is 2.28. The van der Waals surface area contributed by atoms with Gasteiger partial charge < -0.3 is 9.73 Å². The van der Waals surface area contributed by atoms with E-state index in [-0.39, 0.29) is 12.5 Å². The summed E-state index contributed by atoms with van der Waals surface area (Å²) >= 11 is 0. The predicted octanol–water partition coefficient (Wildman–Crippen LogP) is 4.08. The van der Waals surface area contributed by atoms with E-state index in [1.54, 1.807) is 4.68 Å². The summed E-state index contributed by atoms with van der Waals surface area (Å²) in [5.74, 6) is 0.518. The van der Waals surface area contributed by atoms with Crippen molar-refractivity contribution in [3.63, 3.8) is 0 Å². The Hall–Kier alpha value is -3.93. The van der Waals surface area contributed by atoms with E-state index in [1.165, 1.54) is 0 Å². The van der Waals surface area contributed by atoms with Gasteiger partial charge in [0.15, 0.2) is 0 Å². The average Bonchev–Trinajstić information content (AvgIpc) is 3.37. The molecule has 1 N–H and O–H groups in total. The van der Waals surface area contributed by atoms with Crippen LogP contribution in [0.4, 0.5) is 0 Å². The molecule has 2 heterocycles. The number of nitrogens with zero attached hydrogens (tertiary/aromatic N) is 3. The van der Waals surface area contributed by atoms with Gasteiger partial charge in [-0.25, -0.2) is 4.68 Å². The van der Waals surface area contributed by atoms with Gasteiger partial charge in [0.1, 0.15) is 29.4 Å². The maximum Gasteiger partial charge on any atom is 0.242 e. The molecule has 6 heteroatoms. The van der Waals surface area contributed by atoms with Crippen LogP contribution >= 0.6 is 0 Å². The van der Waals surface area contributed by atoms with E-state index >= 15 is 0 Å². The Labute approximate surface area is 166 Å². The van der Waals surface area contributed by atoms with Crippen molar-refractivity contribution in [2.75, 3.05) is 0 Å². The Kier molecular flexibility index (Phi) is 4.29. The summed E-state index contributed by atoms with van der Waals surface area (Å²) < 4.78 is 7.64. The highest BCUT2D eigenvalue weighted by atomic mass is 16.3. The molecule has 3 aromatic carbocycles. The molecule has 1 amide bonds. The van der Waals surface area contributed by atoms with E-state index < -0.39 is 6.04 Å². The molecule has 6 nitrogen and oxygen atoms in total. The second-order valence-corrected chi connectivity index (χ2v) is 6.83. The number of furan rings is 1. The number of nitrogens with one attached hydrogen (secondary N) is 1. The van der Waals surface area contributed by atoms with Crippen LogP contribution < -0.4 is 5.32 Å². The second kappa shape index (κ2) is 7.24. The Bertz CT molecular complexity index is 1260. The minimum absolute atomic E-state index is 0.0735. The van der Waals surface area contributed by atoms with Gasteiger partial charge in [-0.05, 0) is 29.8 Å². The fraction of sp³-hybridized carbons (Fsp3) is 0.0870. The first-order chi connectivity index (χ1) is 14.3. The van der Waals surface area contributed by atoms with Crippen LogP contribution in [0.15, 0.2) is 89.3 Å². The number of aromatic nitrogens is 3. The normalized spacial score (nSPS) is 12.3. The third-order valence-corrected chi connectivity index (χ3v) is 4.88. The third kappa shape index (κ3) is 3.36. The molecular formula is C23H18N4O2. The van der Waals surface area contributed by atoms with Gasteiger partial charge >= 0.3 is 0 Å². The van der Waals surface area contributed by atoms with E-state index in [2.05, 4.69) is 15.6 Å². The molecule has 5 rings (SSSR count). The van der Waals surface area contributed by atoms with Crippen molar-refractivity contribution in [1.29, 1.82) is 0 Å². The van der Waals surface area contributed by atoms with Crippen LogP contribution in [0.2, 0.25) is 0 Å². The molecule has 0 bridgehead atoms. The molecule has 0 aliphatic heterocycles. The van der Waals surface area contributed by atoms with Gasteiger partial charge in [0.25, 0.3) is 0 Å². The minimum atomic E-state index is -0.397. The third-order valence-electron chi connectivity index (χ3n) is 4.88. The molecule has 0 aliphatic carbocycles. The highest BCUT2D eigenvalue weighted by molar-refractivity contribution is 5.81. The Morgan fingerprint density at radius 3 is 2.59 bits per heavy atom. The number of fused-ring (bicyclic) bond motifs is 2. The molecule has 29 heavy (non-hydrogen) atoms. The van der Waals surface area contributed by atoms with Crippen LogP contribution in [0.3, 0.4) is 0 Å². The fourth-order valence-electron chi connectivity index (χ4n) is 3.49. The standard InChI is InChI=1S/C23H18N4O2/c28-22(15-27-19-12-6-5-11-18(19)25-26-27)24-23(16-8-2-1-3-9-16)21-14-17-10-4-7-13-20(17)29-21/h1-14,23H,15H2,(H,24,28). The molecule has 0 saturated heterocycles. The summed E-state index contributed by atoms with van der Waals surface area (Å²) in [6, 6.07) is 26.7. The predicted molar refractivity (Wildman–Crippen MR) is 110 cm³/mol. The second-order valence-electron chi connectivity index (χ2n) is 6.83. The van der Waals surface area contributed by atoms with Gasteiger partial charge in [0.2, 0.25) is 5.91 Å². The summed E-state index contributed by atoms with van der Waals surface area (Å²) in [6.07, 6.45) is 0. The number of hydrogen-bond acceptors (Lipinski definition) is 4. The monoisotopic (exact) mass is 382 g/mol. The summed E-state index contributed by atoms with van der Waals surface area (Å²) in [5, 5.41) is 12.3. The first-order valence-electron chi connectivity index (χ1n) is 9.39. The lowest BCUT2D eigenvalue weighted by Crippen LogP contribution is -2.32. The molecule has 0 radical (unpaired) electrons. The molecule has 5 aromatic rings. The van der Waals surface area contributed by atoms with E-state index in [9.17, 15) is 4.79 Å². The van der Waals surface area contributed by atoms with Crippen molar-refractivity contribution < 1.29 is 9.21 Å². The molecule has 0 saturated carbocycles. The van der Waals surface area contributed by atoms with E-state index in [4.69, 9.17) is 4.42 Å². The lowest BCUT2D eigenvalue weighted by atomic mass is 10.0. The molecule has 142 valence electrons. The summed E-state index contributed by atoms with van der Waals surface area (Å²) in [7, 11) is 0.